The molecule has 0 unspecified atom stereocenters. The Morgan fingerprint density at radius 3 is 2.75 bits per heavy atom. The molecule has 7 nitrogen and oxygen atoms in total. The van der Waals surface area contributed by atoms with Crippen LogP contribution in [0.25, 0.3) is 0 Å². The third-order valence-electron chi connectivity index (χ3n) is 3.99. The number of hydrogen-bond donors (Lipinski definition) is 1. The Balaban J connectivity index is 2.13. The summed E-state index contributed by atoms with van der Waals surface area (Å²) >= 11 is 1.59. The van der Waals surface area contributed by atoms with Crippen molar-refractivity contribution >= 4 is 32.3 Å². The molecule has 0 bridgehead atoms. The molecule has 0 amide bonds. The van der Waals surface area contributed by atoms with Gasteiger partial charge in [-0.25, -0.2) is 18.4 Å². The fourth-order valence-corrected chi connectivity index (χ4v) is 4.60. The highest BCUT2D eigenvalue weighted by molar-refractivity contribution is 7.92. The highest BCUT2D eigenvalue weighted by Gasteiger charge is 2.40. The topological polar surface area (TPSA) is 77.9 Å². The van der Waals surface area contributed by atoms with Crippen LogP contribution in [0.1, 0.15) is 26.5 Å². The van der Waals surface area contributed by atoms with Gasteiger partial charge in [0.25, 0.3) is 0 Å². The minimum Gasteiger partial charge on any atom is -0.357 e. The van der Waals surface area contributed by atoms with E-state index in [1.807, 2.05) is 36.2 Å². The molecule has 24 heavy (non-hydrogen) atoms. The van der Waals surface area contributed by atoms with Crippen LogP contribution in [-0.2, 0) is 16.4 Å². The predicted octanol–water partition coefficient (Wildman–Crippen LogP) is 1.18. The molecule has 136 valence electrons. The number of nitrogens with one attached hydrogen (secondary N) is 1. The number of guanidine groups is 1. The van der Waals surface area contributed by atoms with Crippen molar-refractivity contribution in [1.82, 2.24) is 15.2 Å². The lowest BCUT2D eigenvalue weighted by molar-refractivity contribution is 0.353. The summed E-state index contributed by atoms with van der Waals surface area (Å²) in [4.78, 5) is 13.2. The smallest absolute Gasteiger partial charge is 0.194 e. The van der Waals surface area contributed by atoms with E-state index in [0.717, 1.165) is 23.3 Å². The van der Waals surface area contributed by atoms with E-state index in [-0.39, 0.29) is 5.75 Å². The van der Waals surface area contributed by atoms with Crippen molar-refractivity contribution in [3.63, 3.8) is 0 Å². The molecular weight excluding hydrogens is 346 g/mol. The summed E-state index contributed by atoms with van der Waals surface area (Å²) in [6.45, 7) is 7.70. The molecule has 0 aliphatic carbocycles. The van der Waals surface area contributed by atoms with Gasteiger partial charge in [-0.2, -0.15) is 0 Å². The molecule has 1 N–H and O–H groups in total. The molecule has 0 radical (unpaired) electrons. The Labute approximate surface area is 148 Å². The molecule has 1 aromatic heterocycles. The van der Waals surface area contributed by atoms with Crippen LogP contribution in [0.5, 0.6) is 0 Å². The van der Waals surface area contributed by atoms with Gasteiger partial charge in [0.15, 0.2) is 20.9 Å². The maximum atomic E-state index is 12.2. The van der Waals surface area contributed by atoms with Gasteiger partial charge >= 0.3 is 0 Å². The van der Waals surface area contributed by atoms with Crippen molar-refractivity contribution in [3.05, 3.63) is 11.1 Å². The van der Waals surface area contributed by atoms with E-state index in [0.29, 0.717) is 19.6 Å². The number of sulfone groups is 1. The molecule has 2 heterocycles. The number of hydrogen-bond acceptors (Lipinski definition) is 6. The SMILES string of the molecule is CCNC(=NCc1csc(N(C)C)n1)N1CCS(=O)(=O)C(C)(C)C1. The average Bonchev–Trinajstić information content (AvgIpc) is 2.95. The third-order valence-corrected chi connectivity index (χ3v) is 7.58. The molecule has 0 aromatic carbocycles. The van der Waals surface area contributed by atoms with Crippen LogP contribution in [0, 0.1) is 0 Å². The monoisotopic (exact) mass is 373 g/mol. The summed E-state index contributed by atoms with van der Waals surface area (Å²) in [6, 6.07) is 0. The van der Waals surface area contributed by atoms with Crippen molar-refractivity contribution < 1.29 is 8.42 Å². The summed E-state index contributed by atoms with van der Waals surface area (Å²) in [7, 11) is 0.873. The third kappa shape index (κ3) is 4.18. The first-order chi connectivity index (χ1) is 11.2. The van der Waals surface area contributed by atoms with E-state index in [4.69, 9.17) is 0 Å². The molecular formula is C15H27N5O2S2. The summed E-state index contributed by atoms with van der Waals surface area (Å²) in [5.74, 6) is 0.909. The van der Waals surface area contributed by atoms with E-state index >= 15 is 0 Å². The van der Waals surface area contributed by atoms with E-state index in [1.165, 1.54) is 0 Å². The van der Waals surface area contributed by atoms with Gasteiger partial charge in [0.05, 0.1) is 22.7 Å². The zero-order valence-corrected chi connectivity index (χ0v) is 16.7. The van der Waals surface area contributed by atoms with Crippen molar-refractivity contribution in [2.75, 3.05) is 44.4 Å². The fraction of sp³-hybridized carbons (Fsp3) is 0.733. The van der Waals surface area contributed by atoms with Crippen molar-refractivity contribution in [1.29, 1.82) is 0 Å². The molecule has 0 atom stereocenters. The second-order valence-electron chi connectivity index (χ2n) is 6.69. The van der Waals surface area contributed by atoms with Crippen LogP contribution in [-0.4, -0.2) is 68.5 Å². The summed E-state index contributed by atoms with van der Waals surface area (Å²) < 4.78 is 23.6. The second-order valence-corrected chi connectivity index (χ2v) is 10.3. The Hall–Kier alpha value is -1.35. The minimum atomic E-state index is -3.06. The summed E-state index contributed by atoms with van der Waals surface area (Å²) in [5, 5.41) is 6.22. The van der Waals surface area contributed by atoms with Gasteiger partial charge in [0.1, 0.15) is 0 Å². The Morgan fingerprint density at radius 1 is 1.50 bits per heavy atom. The number of thiazole rings is 1. The van der Waals surface area contributed by atoms with Crippen LogP contribution in [0.3, 0.4) is 0 Å². The quantitative estimate of drug-likeness (QED) is 0.631. The first-order valence-corrected chi connectivity index (χ1v) is 10.6. The van der Waals surface area contributed by atoms with Crippen LogP contribution in [0.4, 0.5) is 5.13 Å². The van der Waals surface area contributed by atoms with Crippen LogP contribution < -0.4 is 10.2 Å². The van der Waals surface area contributed by atoms with Gasteiger partial charge < -0.3 is 15.1 Å². The Bertz CT molecular complexity index is 694. The van der Waals surface area contributed by atoms with E-state index in [2.05, 4.69) is 15.3 Å². The fourth-order valence-electron chi connectivity index (χ4n) is 2.48. The van der Waals surface area contributed by atoms with Crippen molar-refractivity contribution in [2.24, 2.45) is 4.99 Å². The number of aromatic nitrogens is 1. The van der Waals surface area contributed by atoms with Crippen LogP contribution >= 0.6 is 11.3 Å². The molecule has 2 rings (SSSR count). The van der Waals surface area contributed by atoms with Gasteiger partial charge in [-0.15, -0.1) is 11.3 Å². The van der Waals surface area contributed by atoms with Gasteiger partial charge in [0, 0.05) is 39.1 Å². The normalized spacial score (nSPS) is 20.0. The number of rotatable bonds is 4. The van der Waals surface area contributed by atoms with Crippen molar-refractivity contribution in [2.45, 2.75) is 32.1 Å². The molecule has 1 aromatic rings. The molecule has 1 saturated heterocycles. The van der Waals surface area contributed by atoms with Gasteiger partial charge in [-0.1, -0.05) is 0 Å². The largest absolute Gasteiger partial charge is 0.357 e. The zero-order chi connectivity index (χ0) is 18.0. The molecule has 9 heteroatoms. The lowest BCUT2D eigenvalue weighted by atomic mass is 10.2. The lowest BCUT2D eigenvalue weighted by Gasteiger charge is -2.39. The lowest BCUT2D eigenvalue weighted by Crippen LogP contribution is -2.57. The Morgan fingerprint density at radius 2 is 2.21 bits per heavy atom. The number of anilines is 1. The second kappa shape index (κ2) is 7.26. The summed E-state index contributed by atoms with van der Waals surface area (Å²) in [5.41, 5.74) is 0.919. The first-order valence-electron chi connectivity index (χ1n) is 8.03. The van der Waals surface area contributed by atoms with Crippen LogP contribution in [0.15, 0.2) is 10.4 Å². The van der Waals surface area contributed by atoms with Crippen LogP contribution in [0.2, 0.25) is 0 Å². The maximum absolute atomic E-state index is 12.2. The zero-order valence-electron chi connectivity index (χ0n) is 15.0. The van der Waals surface area contributed by atoms with E-state index < -0.39 is 14.6 Å². The number of aliphatic imine (C=N–C) groups is 1. The number of nitrogens with zero attached hydrogens (tertiary/aromatic N) is 4. The Kier molecular flexibility index (Phi) is 5.74. The highest BCUT2D eigenvalue weighted by atomic mass is 32.2. The van der Waals surface area contributed by atoms with E-state index in [1.54, 1.807) is 25.2 Å². The molecule has 0 spiro atoms. The van der Waals surface area contributed by atoms with Gasteiger partial charge in [-0.3, -0.25) is 0 Å². The van der Waals surface area contributed by atoms with Gasteiger partial charge in [0.2, 0.25) is 0 Å². The molecule has 1 aliphatic heterocycles. The van der Waals surface area contributed by atoms with Crippen molar-refractivity contribution in [3.8, 4) is 0 Å². The summed E-state index contributed by atoms with van der Waals surface area (Å²) in [6.07, 6.45) is 0. The van der Waals surface area contributed by atoms with Gasteiger partial charge in [-0.05, 0) is 20.8 Å². The average molecular weight is 374 g/mol. The minimum absolute atomic E-state index is 0.159. The molecule has 0 saturated carbocycles. The molecule has 1 aliphatic rings. The first kappa shape index (κ1) is 19.0. The maximum Gasteiger partial charge on any atom is 0.194 e. The highest BCUT2D eigenvalue weighted by Crippen LogP contribution is 2.24. The predicted molar refractivity (Wildman–Crippen MR) is 101 cm³/mol. The standard InChI is InChI=1S/C15H27N5O2S2/c1-6-16-13(17-9-12-10-23-14(18-12)19(4)5)20-7-8-24(21,22)15(2,3)11-20/h10H,6-9,11H2,1-5H3,(H,16,17). The van der Waals surface area contributed by atoms with E-state index in [9.17, 15) is 8.42 Å². The molecule has 1 fully saturated rings.